The van der Waals surface area contributed by atoms with E-state index in [9.17, 15) is 4.39 Å². The molecule has 0 unspecified atom stereocenters. The van der Waals surface area contributed by atoms with Crippen molar-refractivity contribution in [2.24, 2.45) is 0 Å². The quantitative estimate of drug-likeness (QED) is 0.848. The van der Waals surface area contributed by atoms with Crippen LogP contribution in [-0.2, 0) is 0 Å². The smallest absolute Gasteiger partial charge is 0.137 e. The van der Waals surface area contributed by atoms with Gasteiger partial charge < -0.3 is 5.32 Å². The van der Waals surface area contributed by atoms with Gasteiger partial charge >= 0.3 is 0 Å². The summed E-state index contributed by atoms with van der Waals surface area (Å²) in [4.78, 5) is 8.12. The molecule has 0 atom stereocenters. The number of aromatic nitrogens is 2. The number of hydrogen-bond acceptors (Lipinski definition) is 3. The fourth-order valence-electron chi connectivity index (χ4n) is 1.32. The zero-order valence-electron chi connectivity index (χ0n) is 8.84. The highest BCUT2D eigenvalue weighted by atomic mass is 79.9. The molecule has 1 heterocycles. The van der Waals surface area contributed by atoms with E-state index < -0.39 is 0 Å². The number of anilines is 2. The first kappa shape index (κ1) is 12.3. The number of nitrogens with zero attached hydrogens (tertiary/aromatic N) is 2. The summed E-state index contributed by atoms with van der Waals surface area (Å²) in [6.45, 7) is 1.75. The Morgan fingerprint density at radius 3 is 2.71 bits per heavy atom. The van der Waals surface area contributed by atoms with E-state index in [0.717, 1.165) is 0 Å². The Morgan fingerprint density at radius 2 is 2.06 bits per heavy atom. The summed E-state index contributed by atoms with van der Waals surface area (Å²) in [7, 11) is 0. The lowest BCUT2D eigenvalue weighted by atomic mass is 10.3. The first-order valence-corrected chi connectivity index (χ1v) is 5.95. The van der Waals surface area contributed by atoms with Gasteiger partial charge in [0.25, 0.3) is 0 Å². The summed E-state index contributed by atoms with van der Waals surface area (Å²) < 4.78 is 13.4. The van der Waals surface area contributed by atoms with Crippen molar-refractivity contribution in [3.05, 3.63) is 45.5 Å². The molecule has 0 aliphatic carbocycles. The van der Waals surface area contributed by atoms with Gasteiger partial charge in [-0.25, -0.2) is 14.4 Å². The molecule has 17 heavy (non-hydrogen) atoms. The van der Waals surface area contributed by atoms with Crippen LogP contribution in [0.25, 0.3) is 0 Å². The molecule has 0 radical (unpaired) electrons. The average Bonchev–Trinajstić information content (AvgIpc) is 2.22. The normalized spacial score (nSPS) is 10.4. The van der Waals surface area contributed by atoms with Crippen LogP contribution in [0.2, 0.25) is 5.15 Å². The highest BCUT2D eigenvalue weighted by molar-refractivity contribution is 9.10. The Hall–Kier alpha value is -1.20. The van der Waals surface area contributed by atoms with E-state index >= 15 is 0 Å². The monoisotopic (exact) mass is 315 g/mol. The number of aryl methyl sites for hydroxylation is 1. The third kappa shape index (κ3) is 3.14. The van der Waals surface area contributed by atoms with E-state index in [-0.39, 0.29) is 5.82 Å². The van der Waals surface area contributed by atoms with Gasteiger partial charge in [-0.3, -0.25) is 0 Å². The van der Waals surface area contributed by atoms with Crippen LogP contribution < -0.4 is 5.32 Å². The Morgan fingerprint density at radius 1 is 1.29 bits per heavy atom. The van der Waals surface area contributed by atoms with Gasteiger partial charge in [0.05, 0.1) is 4.47 Å². The predicted molar refractivity (Wildman–Crippen MR) is 69.2 cm³/mol. The Bertz CT molecular complexity index is 542. The number of hydrogen-bond donors (Lipinski definition) is 1. The van der Waals surface area contributed by atoms with Crippen LogP contribution in [0, 0.1) is 12.7 Å². The van der Waals surface area contributed by atoms with Crippen LogP contribution in [0.15, 0.2) is 28.7 Å². The van der Waals surface area contributed by atoms with Crippen LogP contribution in [0.1, 0.15) is 5.82 Å². The molecule has 0 bridgehead atoms. The van der Waals surface area contributed by atoms with Crippen LogP contribution in [0.5, 0.6) is 0 Å². The van der Waals surface area contributed by atoms with Crippen molar-refractivity contribution in [3.8, 4) is 0 Å². The summed E-state index contributed by atoms with van der Waals surface area (Å²) in [5.41, 5.74) is 0.715. The molecule has 1 aromatic carbocycles. The number of nitrogens with one attached hydrogen (secondary N) is 1. The van der Waals surface area contributed by atoms with Crippen molar-refractivity contribution in [1.82, 2.24) is 9.97 Å². The molecular formula is C11H8BrClFN3. The number of benzene rings is 1. The first-order chi connectivity index (χ1) is 8.04. The topological polar surface area (TPSA) is 37.8 Å². The summed E-state index contributed by atoms with van der Waals surface area (Å²) >= 11 is 8.93. The van der Waals surface area contributed by atoms with Crippen molar-refractivity contribution in [3.63, 3.8) is 0 Å². The molecule has 0 amide bonds. The fraction of sp³-hybridized carbons (Fsp3) is 0.0909. The molecule has 0 saturated heterocycles. The lowest BCUT2D eigenvalue weighted by Gasteiger charge is -2.07. The van der Waals surface area contributed by atoms with Gasteiger partial charge in [0.2, 0.25) is 0 Å². The second-order valence-corrected chi connectivity index (χ2v) is 4.62. The molecule has 88 valence electrons. The van der Waals surface area contributed by atoms with Gasteiger partial charge in [0.1, 0.15) is 22.6 Å². The fourth-order valence-corrected chi connectivity index (χ4v) is 1.92. The molecule has 0 saturated carbocycles. The summed E-state index contributed by atoms with van der Waals surface area (Å²) in [5.74, 6) is 0.828. The van der Waals surface area contributed by atoms with E-state index in [1.807, 2.05) is 0 Å². The van der Waals surface area contributed by atoms with E-state index in [0.29, 0.717) is 27.0 Å². The standard InChI is InChI=1S/C11H8BrClFN3/c1-6-15-10(13)5-11(16-6)17-7-2-3-9(14)8(12)4-7/h2-5H,1H3,(H,15,16,17). The lowest BCUT2D eigenvalue weighted by Crippen LogP contribution is -1.97. The van der Waals surface area contributed by atoms with Crippen molar-refractivity contribution in [1.29, 1.82) is 0 Å². The maximum absolute atomic E-state index is 13.0. The maximum atomic E-state index is 13.0. The van der Waals surface area contributed by atoms with Gasteiger partial charge in [-0.15, -0.1) is 0 Å². The van der Waals surface area contributed by atoms with Crippen molar-refractivity contribution >= 4 is 39.0 Å². The van der Waals surface area contributed by atoms with Gasteiger partial charge in [0.15, 0.2) is 0 Å². The largest absolute Gasteiger partial charge is 0.340 e. The molecule has 0 aliphatic rings. The average molecular weight is 317 g/mol. The third-order valence-corrected chi connectivity index (χ3v) is 2.80. The van der Waals surface area contributed by atoms with Gasteiger partial charge in [-0.1, -0.05) is 11.6 Å². The van der Waals surface area contributed by atoms with E-state index in [2.05, 4.69) is 31.2 Å². The third-order valence-electron chi connectivity index (χ3n) is 2.00. The lowest BCUT2D eigenvalue weighted by molar-refractivity contribution is 0.621. The minimum Gasteiger partial charge on any atom is -0.340 e. The van der Waals surface area contributed by atoms with Crippen LogP contribution >= 0.6 is 27.5 Å². The molecule has 0 fully saturated rings. The van der Waals surface area contributed by atoms with Gasteiger partial charge in [-0.05, 0) is 41.1 Å². The SMILES string of the molecule is Cc1nc(Cl)cc(Nc2ccc(F)c(Br)c2)n1. The second kappa shape index (κ2) is 4.98. The zero-order chi connectivity index (χ0) is 12.4. The van der Waals surface area contributed by atoms with Crippen molar-refractivity contribution in [2.45, 2.75) is 6.92 Å². The summed E-state index contributed by atoms with van der Waals surface area (Å²) in [6.07, 6.45) is 0. The zero-order valence-corrected chi connectivity index (χ0v) is 11.2. The molecule has 1 aromatic heterocycles. The van der Waals surface area contributed by atoms with Crippen LogP contribution in [0.4, 0.5) is 15.9 Å². The molecule has 3 nitrogen and oxygen atoms in total. The molecule has 6 heteroatoms. The highest BCUT2D eigenvalue weighted by Crippen LogP contribution is 2.23. The summed E-state index contributed by atoms with van der Waals surface area (Å²) in [6, 6.07) is 6.21. The summed E-state index contributed by atoms with van der Waals surface area (Å²) in [5, 5.41) is 3.38. The Labute approximate surface area is 111 Å². The number of halogens is 3. The van der Waals surface area contributed by atoms with Crippen LogP contribution in [-0.4, -0.2) is 9.97 Å². The molecule has 0 spiro atoms. The Balaban J connectivity index is 2.28. The predicted octanol–water partition coefficient (Wildman–Crippen LogP) is 4.08. The van der Waals surface area contributed by atoms with E-state index in [1.165, 1.54) is 6.07 Å². The first-order valence-electron chi connectivity index (χ1n) is 4.78. The second-order valence-electron chi connectivity index (χ2n) is 3.38. The van der Waals surface area contributed by atoms with Gasteiger partial charge in [-0.2, -0.15) is 0 Å². The highest BCUT2D eigenvalue weighted by Gasteiger charge is 2.03. The van der Waals surface area contributed by atoms with Crippen LogP contribution in [0.3, 0.4) is 0 Å². The van der Waals surface area contributed by atoms with Crippen molar-refractivity contribution < 1.29 is 4.39 Å². The Kier molecular flexibility index (Phi) is 3.59. The molecule has 0 aliphatic heterocycles. The number of rotatable bonds is 2. The molecular weight excluding hydrogens is 308 g/mol. The molecule has 2 rings (SSSR count). The minimum absolute atomic E-state index is 0.313. The van der Waals surface area contributed by atoms with Crippen molar-refractivity contribution in [2.75, 3.05) is 5.32 Å². The minimum atomic E-state index is -0.313. The molecule has 1 N–H and O–H groups in total. The molecule has 2 aromatic rings. The van der Waals surface area contributed by atoms with Gasteiger partial charge in [0, 0.05) is 11.8 Å². The maximum Gasteiger partial charge on any atom is 0.137 e. The van der Waals surface area contributed by atoms with E-state index in [1.54, 1.807) is 25.1 Å². The van der Waals surface area contributed by atoms with E-state index in [4.69, 9.17) is 11.6 Å².